The largest absolute Gasteiger partial charge is 0.496 e. The Morgan fingerprint density at radius 3 is 2.80 bits per heavy atom. The van der Waals surface area contributed by atoms with Crippen molar-refractivity contribution >= 4 is 11.3 Å². The van der Waals surface area contributed by atoms with Gasteiger partial charge >= 0.3 is 0 Å². The number of nitro benzene ring substituents is 1. The lowest BCUT2D eigenvalue weighted by molar-refractivity contribution is -0.384. The maximum Gasteiger partial charge on any atom is 0.273 e. The van der Waals surface area contributed by atoms with Crippen molar-refractivity contribution < 1.29 is 9.66 Å². The molecule has 1 aromatic rings. The van der Waals surface area contributed by atoms with Crippen LogP contribution in [0.4, 0.5) is 5.69 Å². The quantitative estimate of drug-likeness (QED) is 0.601. The first kappa shape index (κ1) is 11.2. The first-order valence-corrected chi connectivity index (χ1v) is 4.30. The third kappa shape index (κ3) is 2.32. The summed E-state index contributed by atoms with van der Waals surface area (Å²) < 4.78 is 5.04. The average molecular weight is 208 g/mol. The van der Waals surface area contributed by atoms with Crippen LogP contribution < -0.4 is 10.5 Å². The van der Waals surface area contributed by atoms with Crippen molar-refractivity contribution in [3.05, 3.63) is 40.5 Å². The van der Waals surface area contributed by atoms with E-state index >= 15 is 0 Å². The maximum absolute atomic E-state index is 10.5. The molecule has 1 aromatic carbocycles. The van der Waals surface area contributed by atoms with Crippen LogP contribution in [0.15, 0.2) is 24.8 Å². The van der Waals surface area contributed by atoms with Crippen molar-refractivity contribution in [2.45, 2.75) is 0 Å². The molecule has 0 aromatic heterocycles. The van der Waals surface area contributed by atoms with E-state index in [9.17, 15) is 10.1 Å². The van der Waals surface area contributed by atoms with Crippen LogP contribution in [0.2, 0.25) is 0 Å². The van der Waals surface area contributed by atoms with Gasteiger partial charge in [0.25, 0.3) is 5.69 Å². The number of nitrogens with two attached hydrogens (primary N) is 1. The van der Waals surface area contributed by atoms with Gasteiger partial charge in [-0.25, -0.2) is 0 Å². The molecule has 0 aliphatic rings. The van der Waals surface area contributed by atoms with Gasteiger partial charge in [0, 0.05) is 18.2 Å². The predicted molar refractivity (Wildman–Crippen MR) is 57.7 cm³/mol. The molecule has 2 N–H and O–H groups in total. The Morgan fingerprint density at radius 1 is 1.67 bits per heavy atom. The Hall–Kier alpha value is -1.88. The Balaban J connectivity index is 3.20. The highest BCUT2D eigenvalue weighted by atomic mass is 16.6. The van der Waals surface area contributed by atoms with Crippen LogP contribution in [0.1, 0.15) is 5.56 Å². The summed E-state index contributed by atoms with van der Waals surface area (Å²) in [7, 11) is 1.45. The summed E-state index contributed by atoms with van der Waals surface area (Å²) in [5.74, 6) is 0.416. The normalized spacial score (nSPS) is 9.73. The molecule has 5 heteroatoms. The van der Waals surface area contributed by atoms with Gasteiger partial charge in [-0.1, -0.05) is 6.58 Å². The van der Waals surface area contributed by atoms with Gasteiger partial charge in [0.05, 0.1) is 18.1 Å². The van der Waals surface area contributed by atoms with E-state index in [4.69, 9.17) is 10.5 Å². The van der Waals surface area contributed by atoms with Gasteiger partial charge in [0.2, 0.25) is 0 Å². The highest BCUT2D eigenvalue weighted by molar-refractivity contribution is 5.71. The minimum absolute atomic E-state index is 0.0135. The number of rotatable bonds is 4. The van der Waals surface area contributed by atoms with E-state index in [1.165, 1.54) is 19.2 Å². The van der Waals surface area contributed by atoms with Crippen molar-refractivity contribution in [3.63, 3.8) is 0 Å². The first-order valence-electron chi connectivity index (χ1n) is 4.30. The van der Waals surface area contributed by atoms with E-state index in [1.807, 2.05) is 0 Å². The molecule has 80 valence electrons. The fourth-order valence-electron chi connectivity index (χ4n) is 1.20. The van der Waals surface area contributed by atoms with Gasteiger partial charge in [-0.3, -0.25) is 10.1 Å². The summed E-state index contributed by atoms with van der Waals surface area (Å²) in [6.45, 7) is 4.04. The predicted octanol–water partition coefficient (Wildman–Crippen LogP) is 1.58. The summed E-state index contributed by atoms with van der Waals surface area (Å²) in [6, 6.07) is 4.35. The number of hydrogen-bond donors (Lipinski definition) is 1. The summed E-state index contributed by atoms with van der Waals surface area (Å²) in [4.78, 5) is 10.0. The Morgan fingerprint density at radius 2 is 2.33 bits per heavy atom. The zero-order valence-electron chi connectivity index (χ0n) is 8.40. The molecule has 5 nitrogen and oxygen atoms in total. The number of nitro groups is 1. The molecule has 1 rings (SSSR count). The van der Waals surface area contributed by atoms with Crippen molar-refractivity contribution in [3.8, 4) is 5.75 Å². The van der Waals surface area contributed by atoms with Gasteiger partial charge in [0.15, 0.2) is 0 Å². The highest BCUT2D eigenvalue weighted by Crippen LogP contribution is 2.28. The second kappa shape index (κ2) is 4.56. The summed E-state index contributed by atoms with van der Waals surface area (Å²) in [6.07, 6.45) is 0. The van der Waals surface area contributed by atoms with Crippen LogP contribution in [0.25, 0.3) is 5.57 Å². The van der Waals surface area contributed by atoms with Gasteiger partial charge in [-0.05, 0) is 11.6 Å². The lowest BCUT2D eigenvalue weighted by Crippen LogP contribution is -2.03. The smallest absolute Gasteiger partial charge is 0.273 e. The second-order valence-corrected chi connectivity index (χ2v) is 2.95. The van der Waals surface area contributed by atoms with E-state index in [0.717, 1.165) is 0 Å². The lowest BCUT2D eigenvalue weighted by Gasteiger charge is -2.08. The molecule has 0 radical (unpaired) electrons. The van der Waals surface area contributed by atoms with E-state index in [0.29, 0.717) is 16.9 Å². The fourth-order valence-corrected chi connectivity index (χ4v) is 1.20. The van der Waals surface area contributed by atoms with Crippen LogP contribution in [0, 0.1) is 10.1 Å². The number of methoxy groups -OCH3 is 1. The van der Waals surface area contributed by atoms with Crippen molar-refractivity contribution in [1.29, 1.82) is 0 Å². The molecule has 0 spiro atoms. The molecule has 0 bridgehead atoms. The molecule has 0 unspecified atom stereocenters. The number of hydrogen-bond acceptors (Lipinski definition) is 4. The molecule has 0 amide bonds. The summed E-state index contributed by atoms with van der Waals surface area (Å²) in [5, 5.41) is 10.5. The monoisotopic (exact) mass is 208 g/mol. The van der Waals surface area contributed by atoms with Gasteiger partial charge in [-0.15, -0.1) is 0 Å². The zero-order valence-corrected chi connectivity index (χ0v) is 8.40. The molecular formula is C10H12N2O3. The number of benzene rings is 1. The standard InChI is InChI=1S/C10H12N2O3/c1-7(6-11)9-4-3-8(12(13)14)5-10(9)15-2/h3-5H,1,6,11H2,2H3. The Labute approximate surface area is 87.3 Å². The summed E-state index contributed by atoms with van der Waals surface area (Å²) in [5.41, 5.74) is 6.80. The van der Waals surface area contributed by atoms with Crippen LogP contribution >= 0.6 is 0 Å². The minimum Gasteiger partial charge on any atom is -0.496 e. The SMILES string of the molecule is C=C(CN)c1ccc([N+](=O)[O-])cc1OC. The van der Waals surface area contributed by atoms with E-state index in [1.54, 1.807) is 6.07 Å². The van der Waals surface area contributed by atoms with Gasteiger partial charge in [0.1, 0.15) is 5.75 Å². The second-order valence-electron chi connectivity index (χ2n) is 2.95. The van der Waals surface area contributed by atoms with E-state index in [2.05, 4.69) is 6.58 Å². The van der Waals surface area contributed by atoms with Gasteiger partial charge < -0.3 is 10.5 Å². The van der Waals surface area contributed by atoms with Crippen molar-refractivity contribution in [1.82, 2.24) is 0 Å². The molecule has 0 saturated carbocycles. The Bertz CT molecular complexity index is 402. The zero-order chi connectivity index (χ0) is 11.4. The lowest BCUT2D eigenvalue weighted by atomic mass is 10.1. The molecule has 0 saturated heterocycles. The van der Waals surface area contributed by atoms with E-state index in [-0.39, 0.29) is 12.2 Å². The maximum atomic E-state index is 10.5. The molecule has 0 aliphatic carbocycles. The fraction of sp³-hybridized carbons (Fsp3) is 0.200. The van der Waals surface area contributed by atoms with Crippen LogP contribution in [0.3, 0.4) is 0 Å². The first-order chi connectivity index (χ1) is 7.10. The number of nitrogens with zero attached hydrogens (tertiary/aromatic N) is 1. The summed E-state index contributed by atoms with van der Waals surface area (Å²) >= 11 is 0. The molecule has 0 atom stereocenters. The number of non-ortho nitro benzene ring substituents is 1. The van der Waals surface area contributed by atoms with Gasteiger partial charge in [-0.2, -0.15) is 0 Å². The molecular weight excluding hydrogens is 196 g/mol. The topological polar surface area (TPSA) is 78.4 Å². The van der Waals surface area contributed by atoms with Crippen molar-refractivity contribution in [2.24, 2.45) is 5.73 Å². The Kier molecular flexibility index (Phi) is 3.41. The van der Waals surface area contributed by atoms with Crippen LogP contribution in [0.5, 0.6) is 5.75 Å². The average Bonchev–Trinajstić information content (AvgIpc) is 2.27. The molecule has 15 heavy (non-hydrogen) atoms. The van der Waals surface area contributed by atoms with Crippen molar-refractivity contribution in [2.75, 3.05) is 13.7 Å². The number of ether oxygens (including phenoxy) is 1. The third-order valence-electron chi connectivity index (χ3n) is 2.02. The van der Waals surface area contributed by atoms with E-state index < -0.39 is 4.92 Å². The molecule has 0 heterocycles. The third-order valence-corrected chi connectivity index (χ3v) is 2.02. The van der Waals surface area contributed by atoms with Crippen LogP contribution in [-0.2, 0) is 0 Å². The molecule has 0 aliphatic heterocycles. The highest BCUT2D eigenvalue weighted by Gasteiger charge is 2.12. The van der Waals surface area contributed by atoms with Crippen LogP contribution in [-0.4, -0.2) is 18.6 Å². The molecule has 0 fully saturated rings. The minimum atomic E-state index is -0.475.